The Labute approximate surface area is 109 Å². The van der Waals surface area contributed by atoms with Gasteiger partial charge in [0.2, 0.25) is 0 Å². The first-order chi connectivity index (χ1) is 9.02. The van der Waals surface area contributed by atoms with Gasteiger partial charge in [-0.25, -0.2) is 4.79 Å². The number of carbonyl (C=O) groups excluding carboxylic acids is 3. The second-order valence-corrected chi connectivity index (χ2v) is 3.97. The highest BCUT2D eigenvalue weighted by Crippen LogP contribution is 2.14. The molecule has 0 aliphatic carbocycles. The largest absolute Gasteiger partial charge is 0.465 e. The van der Waals surface area contributed by atoms with Gasteiger partial charge >= 0.3 is 6.03 Å². The molecular weight excluding hydrogens is 248 g/mol. The highest BCUT2D eigenvalue weighted by molar-refractivity contribution is 6.28. The first-order valence-corrected chi connectivity index (χ1v) is 5.54. The van der Waals surface area contributed by atoms with Crippen molar-refractivity contribution in [2.45, 2.75) is 0 Å². The van der Waals surface area contributed by atoms with Crippen molar-refractivity contribution < 1.29 is 18.8 Å². The van der Waals surface area contributed by atoms with Crippen molar-refractivity contribution in [2.75, 3.05) is 14.1 Å². The minimum atomic E-state index is -0.637. The quantitative estimate of drug-likeness (QED) is 0.593. The summed E-state index contributed by atoms with van der Waals surface area (Å²) in [4.78, 5) is 36.9. The van der Waals surface area contributed by atoms with Crippen LogP contribution in [-0.4, -0.2) is 41.7 Å². The number of nitrogens with zero attached hydrogens (tertiary/aromatic N) is 2. The van der Waals surface area contributed by atoms with Crippen LogP contribution in [0.15, 0.2) is 40.5 Å². The third-order valence-corrected chi connectivity index (χ3v) is 2.71. The molecule has 19 heavy (non-hydrogen) atoms. The van der Waals surface area contributed by atoms with Crippen LogP contribution in [0.4, 0.5) is 4.79 Å². The molecule has 6 heteroatoms. The van der Waals surface area contributed by atoms with Gasteiger partial charge in [-0.1, -0.05) is 6.08 Å². The molecule has 0 N–H and O–H groups in total. The fourth-order valence-electron chi connectivity index (χ4n) is 1.62. The average Bonchev–Trinajstić information content (AvgIpc) is 2.91. The van der Waals surface area contributed by atoms with Gasteiger partial charge in [-0.2, -0.15) is 0 Å². The van der Waals surface area contributed by atoms with E-state index in [4.69, 9.17) is 4.42 Å². The lowest BCUT2D eigenvalue weighted by Crippen LogP contribution is -2.52. The Morgan fingerprint density at radius 1 is 1.11 bits per heavy atom. The van der Waals surface area contributed by atoms with E-state index in [9.17, 15) is 14.4 Å². The Balaban J connectivity index is 2.25. The summed E-state index contributed by atoms with van der Waals surface area (Å²) in [5.74, 6) is -0.625. The zero-order chi connectivity index (χ0) is 14.0. The van der Waals surface area contributed by atoms with Crippen molar-refractivity contribution in [3.05, 3.63) is 41.9 Å². The summed E-state index contributed by atoms with van der Waals surface area (Å²) in [6, 6.07) is 2.83. The molecule has 6 nitrogen and oxygen atoms in total. The Hall–Kier alpha value is -2.63. The second-order valence-electron chi connectivity index (χ2n) is 3.97. The van der Waals surface area contributed by atoms with Crippen molar-refractivity contribution in [3.63, 3.8) is 0 Å². The lowest BCUT2D eigenvalue weighted by atomic mass is 10.1. The Kier molecular flexibility index (Phi) is 3.33. The number of urea groups is 1. The Morgan fingerprint density at radius 2 is 1.74 bits per heavy atom. The van der Waals surface area contributed by atoms with Gasteiger partial charge in [0.25, 0.3) is 11.8 Å². The maximum Gasteiger partial charge on any atom is 0.333 e. The molecule has 1 aromatic heterocycles. The van der Waals surface area contributed by atoms with Gasteiger partial charge in [-0.15, -0.1) is 0 Å². The summed E-state index contributed by atoms with van der Waals surface area (Å²) in [5, 5.41) is 0. The molecule has 1 saturated heterocycles. The number of carbonyl (C=O) groups is 3. The normalized spacial score (nSPS) is 16.7. The van der Waals surface area contributed by atoms with Crippen LogP contribution in [0.3, 0.4) is 0 Å². The van der Waals surface area contributed by atoms with E-state index in [-0.39, 0.29) is 5.57 Å². The summed E-state index contributed by atoms with van der Waals surface area (Å²) in [6.45, 7) is 0. The summed E-state index contributed by atoms with van der Waals surface area (Å²) in [7, 11) is 2.66. The minimum absolute atomic E-state index is 0.0626. The lowest BCUT2D eigenvalue weighted by molar-refractivity contribution is -0.134. The molecule has 2 heterocycles. The molecule has 0 atom stereocenters. The molecule has 0 unspecified atom stereocenters. The topological polar surface area (TPSA) is 70.8 Å². The number of barbiturate groups is 1. The lowest BCUT2D eigenvalue weighted by Gasteiger charge is -2.28. The first kappa shape index (κ1) is 12.8. The van der Waals surface area contributed by atoms with Crippen molar-refractivity contribution in [3.8, 4) is 0 Å². The zero-order valence-corrected chi connectivity index (χ0v) is 10.5. The van der Waals surface area contributed by atoms with E-state index in [1.165, 1.54) is 32.5 Å². The minimum Gasteiger partial charge on any atom is -0.465 e. The molecule has 1 aromatic rings. The SMILES string of the molecule is CN1C(=O)C(=C/C=C/c2ccco2)C(=O)N(C)C1=O. The van der Waals surface area contributed by atoms with Crippen LogP contribution in [0.25, 0.3) is 6.08 Å². The van der Waals surface area contributed by atoms with E-state index in [1.54, 1.807) is 18.2 Å². The van der Waals surface area contributed by atoms with Crippen molar-refractivity contribution in [2.24, 2.45) is 0 Å². The van der Waals surface area contributed by atoms with Crippen LogP contribution in [0.1, 0.15) is 5.76 Å². The maximum atomic E-state index is 11.8. The van der Waals surface area contributed by atoms with Crippen molar-refractivity contribution in [1.29, 1.82) is 0 Å². The highest BCUT2D eigenvalue weighted by atomic mass is 16.3. The predicted octanol–water partition coefficient (Wildman–Crippen LogP) is 1.27. The summed E-state index contributed by atoms with van der Waals surface area (Å²) in [6.07, 6.45) is 6.03. The number of hydrogen-bond donors (Lipinski definition) is 0. The van der Waals surface area contributed by atoms with Crippen LogP contribution >= 0.6 is 0 Å². The van der Waals surface area contributed by atoms with E-state index in [1.807, 2.05) is 0 Å². The number of allylic oxidation sites excluding steroid dienone is 2. The monoisotopic (exact) mass is 260 g/mol. The van der Waals surface area contributed by atoms with Gasteiger partial charge < -0.3 is 4.42 Å². The van der Waals surface area contributed by atoms with Crippen molar-refractivity contribution in [1.82, 2.24) is 9.80 Å². The van der Waals surface area contributed by atoms with Gasteiger partial charge in [-0.05, 0) is 24.3 Å². The molecule has 4 amide bonds. The van der Waals surface area contributed by atoms with Crippen molar-refractivity contribution >= 4 is 23.9 Å². The molecule has 2 rings (SSSR count). The van der Waals surface area contributed by atoms with Gasteiger partial charge in [-0.3, -0.25) is 19.4 Å². The smallest absolute Gasteiger partial charge is 0.333 e. The summed E-state index contributed by atoms with van der Waals surface area (Å²) < 4.78 is 5.08. The first-order valence-electron chi connectivity index (χ1n) is 5.54. The van der Waals surface area contributed by atoms with Gasteiger partial charge in [0, 0.05) is 14.1 Å². The van der Waals surface area contributed by atoms with Gasteiger partial charge in [0.15, 0.2) is 0 Å². The van der Waals surface area contributed by atoms with Crippen LogP contribution in [0, 0.1) is 0 Å². The number of rotatable bonds is 2. The fraction of sp³-hybridized carbons (Fsp3) is 0.154. The summed E-state index contributed by atoms with van der Waals surface area (Å²) in [5.41, 5.74) is -0.0626. The second kappa shape index (κ2) is 4.93. The number of furan rings is 1. The Bertz CT molecular complexity index is 558. The molecule has 1 fully saturated rings. The van der Waals surface area contributed by atoms with E-state index in [2.05, 4.69) is 0 Å². The highest BCUT2D eigenvalue weighted by Gasteiger charge is 2.37. The zero-order valence-electron chi connectivity index (χ0n) is 10.5. The van der Waals surface area contributed by atoms with Gasteiger partial charge in [0.1, 0.15) is 11.3 Å². The summed E-state index contributed by atoms with van der Waals surface area (Å²) >= 11 is 0. The maximum absolute atomic E-state index is 11.8. The average molecular weight is 260 g/mol. The van der Waals surface area contributed by atoms with Crippen LogP contribution in [-0.2, 0) is 9.59 Å². The number of amides is 4. The van der Waals surface area contributed by atoms with E-state index in [0.29, 0.717) is 5.76 Å². The molecule has 0 bridgehead atoms. The number of imide groups is 2. The molecule has 98 valence electrons. The fourth-order valence-corrected chi connectivity index (χ4v) is 1.62. The number of hydrogen-bond acceptors (Lipinski definition) is 4. The molecule has 0 saturated carbocycles. The molecule has 0 aromatic carbocycles. The standard InChI is InChI=1S/C13H12N2O4/c1-14-11(16)10(12(17)15(2)13(14)18)7-3-5-9-6-4-8-19-9/h3-8H,1-2H3/b5-3+. The van der Waals surface area contributed by atoms with E-state index >= 15 is 0 Å². The van der Waals surface area contributed by atoms with E-state index < -0.39 is 17.8 Å². The molecule has 1 aliphatic heterocycles. The van der Waals surface area contributed by atoms with Crippen LogP contribution in [0.5, 0.6) is 0 Å². The molecule has 0 spiro atoms. The molecular formula is C13H12N2O4. The van der Waals surface area contributed by atoms with Crippen LogP contribution < -0.4 is 0 Å². The predicted molar refractivity (Wildman–Crippen MR) is 66.8 cm³/mol. The molecule has 1 aliphatic rings. The van der Waals surface area contributed by atoms with Crippen LogP contribution in [0.2, 0.25) is 0 Å². The molecule has 0 radical (unpaired) electrons. The number of likely N-dealkylation sites (N-methyl/N-ethyl adjacent to an activating group) is 2. The van der Waals surface area contributed by atoms with Gasteiger partial charge in [0.05, 0.1) is 6.26 Å². The van der Waals surface area contributed by atoms with E-state index in [0.717, 1.165) is 9.80 Å². The third kappa shape index (κ3) is 2.33. The Morgan fingerprint density at radius 3 is 2.26 bits per heavy atom. The third-order valence-electron chi connectivity index (χ3n) is 2.71.